The lowest BCUT2D eigenvalue weighted by atomic mass is 9.89. The zero-order chi connectivity index (χ0) is 14.7. The van der Waals surface area contributed by atoms with Gasteiger partial charge in [-0.25, -0.2) is 0 Å². The van der Waals surface area contributed by atoms with E-state index in [0.29, 0.717) is 6.61 Å². The van der Waals surface area contributed by atoms with Gasteiger partial charge in [0.1, 0.15) is 0 Å². The van der Waals surface area contributed by atoms with Crippen molar-refractivity contribution in [2.45, 2.75) is 31.9 Å². The van der Waals surface area contributed by atoms with Crippen molar-refractivity contribution in [1.82, 2.24) is 5.32 Å². The van der Waals surface area contributed by atoms with Gasteiger partial charge in [0.2, 0.25) is 5.82 Å². The summed E-state index contributed by atoms with van der Waals surface area (Å²) in [7, 11) is 0. The van der Waals surface area contributed by atoms with Crippen LogP contribution in [0, 0.1) is 15.9 Å². The number of ether oxygens (including phenoxy) is 1. The Morgan fingerprint density at radius 2 is 2.25 bits per heavy atom. The summed E-state index contributed by atoms with van der Waals surface area (Å²) >= 11 is 0. The molecule has 1 amide bonds. The van der Waals surface area contributed by atoms with E-state index in [2.05, 4.69) is 5.32 Å². The Morgan fingerprint density at radius 3 is 2.80 bits per heavy atom. The lowest BCUT2D eigenvalue weighted by Gasteiger charge is -2.35. The van der Waals surface area contributed by atoms with Crippen molar-refractivity contribution in [2.24, 2.45) is 0 Å². The quantitative estimate of drug-likeness (QED) is 0.661. The summed E-state index contributed by atoms with van der Waals surface area (Å²) in [5.74, 6) is -1.44. The van der Waals surface area contributed by atoms with E-state index in [1.807, 2.05) is 6.92 Å². The first-order valence-electron chi connectivity index (χ1n) is 6.37. The van der Waals surface area contributed by atoms with Gasteiger partial charge >= 0.3 is 5.69 Å². The number of halogens is 1. The molecule has 0 heterocycles. The van der Waals surface area contributed by atoms with E-state index in [-0.39, 0.29) is 17.7 Å². The fourth-order valence-electron chi connectivity index (χ4n) is 2.12. The molecule has 1 aliphatic carbocycles. The number of benzene rings is 1. The molecule has 0 atom stereocenters. The van der Waals surface area contributed by atoms with E-state index in [1.165, 1.54) is 6.07 Å². The van der Waals surface area contributed by atoms with Gasteiger partial charge in [-0.3, -0.25) is 14.9 Å². The topological polar surface area (TPSA) is 81.5 Å². The first-order chi connectivity index (χ1) is 9.51. The number of nitro groups is 1. The maximum absolute atomic E-state index is 13.4. The molecule has 1 fully saturated rings. The van der Waals surface area contributed by atoms with E-state index < -0.39 is 22.3 Å². The van der Waals surface area contributed by atoms with Crippen molar-refractivity contribution in [1.29, 1.82) is 0 Å². The van der Waals surface area contributed by atoms with Crippen molar-refractivity contribution in [3.8, 4) is 0 Å². The second kappa shape index (κ2) is 5.96. The number of rotatable bonds is 5. The van der Waals surface area contributed by atoms with Crippen molar-refractivity contribution in [2.75, 3.05) is 6.61 Å². The average molecular weight is 282 g/mol. The molecule has 7 heteroatoms. The molecule has 0 aromatic heterocycles. The molecule has 6 nitrogen and oxygen atoms in total. The van der Waals surface area contributed by atoms with Crippen molar-refractivity contribution in [3.63, 3.8) is 0 Å². The van der Waals surface area contributed by atoms with Crippen LogP contribution in [0.3, 0.4) is 0 Å². The predicted molar refractivity (Wildman–Crippen MR) is 69.0 cm³/mol. The van der Waals surface area contributed by atoms with Gasteiger partial charge in [-0.05, 0) is 31.9 Å². The molecule has 0 bridgehead atoms. The van der Waals surface area contributed by atoms with E-state index in [1.54, 1.807) is 0 Å². The third kappa shape index (κ3) is 3.11. The Morgan fingerprint density at radius 1 is 1.55 bits per heavy atom. The molecule has 1 aromatic carbocycles. The molecule has 1 aromatic rings. The van der Waals surface area contributed by atoms with Crippen LogP contribution in [-0.4, -0.2) is 29.6 Å². The summed E-state index contributed by atoms with van der Waals surface area (Å²) in [5.41, 5.74) is -0.561. The zero-order valence-corrected chi connectivity index (χ0v) is 11.0. The van der Waals surface area contributed by atoms with Gasteiger partial charge in [-0.2, -0.15) is 4.39 Å². The van der Waals surface area contributed by atoms with E-state index in [0.717, 1.165) is 25.0 Å². The average Bonchev–Trinajstić information content (AvgIpc) is 2.35. The first-order valence-corrected chi connectivity index (χ1v) is 6.37. The number of nitrogens with zero attached hydrogens (tertiary/aromatic N) is 1. The lowest BCUT2D eigenvalue weighted by molar-refractivity contribution is -0.387. The van der Waals surface area contributed by atoms with E-state index in [4.69, 9.17) is 4.74 Å². The highest BCUT2D eigenvalue weighted by atomic mass is 19.1. The third-order valence-corrected chi connectivity index (χ3v) is 3.24. The summed E-state index contributed by atoms with van der Waals surface area (Å²) < 4.78 is 18.8. The Kier molecular flexibility index (Phi) is 4.29. The third-order valence-electron chi connectivity index (χ3n) is 3.24. The fourth-order valence-corrected chi connectivity index (χ4v) is 2.12. The molecule has 0 spiro atoms. The van der Waals surface area contributed by atoms with Crippen LogP contribution in [0.15, 0.2) is 18.2 Å². The highest BCUT2D eigenvalue weighted by molar-refractivity contribution is 5.94. The van der Waals surface area contributed by atoms with Crippen molar-refractivity contribution < 1.29 is 18.8 Å². The van der Waals surface area contributed by atoms with E-state index in [9.17, 15) is 19.3 Å². The highest BCUT2D eigenvalue weighted by Gasteiger charge is 2.31. The Hall–Kier alpha value is -2.02. The van der Waals surface area contributed by atoms with Crippen LogP contribution in [0.1, 0.15) is 30.1 Å². The summed E-state index contributed by atoms with van der Waals surface area (Å²) in [6.07, 6.45) is 1.63. The van der Waals surface area contributed by atoms with Crippen LogP contribution in [0.2, 0.25) is 0 Å². The Labute approximate surface area is 115 Å². The molecular formula is C13H15FN2O4. The SMILES string of the molecule is CCOC1CC(NC(=O)c2ccc([N+](=O)[O-])c(F)c2)C1. The minimum atomic E-state index is -1.01. The van der Waals surface area contributed by atoms with Gasteiger partial charge in [-0.1, -0.05) is 0 Å². The first kappa shape index (κ1) is 14.4. The number of hydrogen-bond donors (Lipinski definition) is 1. The van der Waals surface area contributed by atoms with Crippen LogP contribution in [0.25, 0.3) is 0 Å². The van der Waals surface area contributed by atoms with Crippen LogP contribution < -0.4 is 5.32 Å². The molecular weight excluding hydrogens is 267 g/mol. The van der Waals surface area contributed by atoms with Gasteiger partial charge in [0.05, 0.1) is 11.0 Å². The smallest absolute Gasteiger partial charge is 0.304 e. The maximum atomic E-state index is 13.4. The van der Waals surface area contributed by atoms with Gasteiger partial charge in [-0.15, -0.1) is 0 Å². The molecule has 1 N–H and O–H groups in total. The summed E-state index contributed by atoms with van der Waals surface area (Å²) in [4.78, 5) is 21.5. The van der Waals surface area contributed by atoms with Crippen LogP contribution >= 0.6 is 0 Å². The zero-order valence-electron chi connectivity index (χ0n) is 11.0. The van der Waals surface area contributed by atoms with Crippen molar-refractivity contribution in [3.05, 3.63) is 39.7 Å². The number of hydrogen-bond acceptors (Lipinski definition) is 4. The second-order valence-electron chi connectivity index (χ2n) is 4.64. The normalized spacial score (nSPS) is 21.1. The molecule has 1 aliphatic rings. The molecule has 20 heavy (non-hydrogen) atoms. The largest absolute Gasteiger partial charge is 0.378 e. The Bertz CT molecular complexity index is 529. The molecule has 108 valence electrons. The minimum Gasteiger partial charge on any atom is -0.378 e. The molecule has 0 unspecified atom stereocenters. The van der Waals surface area contributed by atoms with Crippen molar-refractivity contribution >= 4 is 11.6 Å². The van der Waals surface area contributed by atoms with Gasteiger partial charge in [0.25, 0.3) is 5.91 Å². The molecule has 0 radical (unpaired) electrons. The monoisotopic (exact) mass is 282 g/mol. The number of carbonyl (C=O) groups is 1. The summed E-state index contributed by atoms with van der Waals surface area (Å²) in [6, 6.07) is 3.13. The number of nitrogens with one attached hydrogen (secondary N) is 1. The van der Waals surface area contributed by atoms with Crippen LogP contribution in [-0.2, 0) is 4.74 Å². The summed E-state index contributed by atoms with van der Waals surface area (Å²) in [5, 5.41) is 13.2. The number of carbonyl (C=O) groups excluding carboxylic acids is 1. The van der Waals surface area contributed by atoms with E-state index >= 15 is 0 Å². The standard InChI is InChI=1S/C13H15FN2O4/c1-2-20-10-6-9(7-10)15-13(17)8-3-4-12(16(18)19)11(14)5-8/h3-5,9-10H,2,6-7H2,1H3,(H,15,17). The second-order valence-corrected chi connectivity index (χ2v) is 4.64. The minimum absolute atomic E-state index is 0.0114. The number of amides is 1. The van der Waals surface area contributed by atoms with Gasteiger partial charge < -0.3 is 10.1 Å². The predicted octanol–water partition coefficient (Wildman–Crippen LogP) is 2.03. The lowest BCUT2D eigenvalue weighted by Crippen LogP contribution is -2.47. The summed E-state index contributed by atoms with van der Waals surface area (Å²) in [6.45, 7) is 2.55. The molecule has 0 aliphatic heterocycles. The van der Waals surface area contributed by atoms with Crippen LogP contribution in [0.5, 0.6) is 0 Å². The van der Waals surface area contributed by atoms with Gasteiger partial charge in [0.15, 0.2) is 0 Å². The maximum Gasteiger partial charge on any atom is 0.304 e. The fraction of sp³-hybridized carbons (Fsp3) is 0.462. The van der Waals surface area contributed by atoms with Crippen LogP contribution in [0.4, 0.5) is 10.1 Å². The molecule has 2 rings (SSSR count). The van der Waals surface area contributed by atoms with Gasteiger partial charge in [0, 0.05) is 24.3 Å². The highest BCUT2D eigenvalue weighted by Crippen LogP contribution is 2.24. The number of nitro benzene ring substituents is 1. The Balaban J connectivity index is 1.94. The molecule has 1 saturated carbocycles. The molecule has 0 saturated heterocycles.